The minimum Gasteiger partial charge on any atom is -0.497 e. The predicted octanol–water partition coefficient (Wildman–Crippen LogP) is 3.81. The normalized spacial score (nSPS) is 16.9. The molecule has 1 aromatic heterocycles. The number of hydrogen-bond acceptors (Lipinski definition) is 6. The third-order valence-electron chi connectivity index (χ3n) is 7.42. The molecule has 9 nitrogen and oxygen atoms in total. The Bertz CT molecular complexity index is 1330. The first-order chi connectivity index (χ1) is 17.9. The largest absolute Gasteiger partial charge is 0.497 e. The summed E-state index contributed by atoms with van der Waals surface area (Å²) in [7, 11) is 1.62. The fourth-order valence-electron chi connectivity index (χ4n) is 5.34. The quantitative estimate of drug-likeness (QED) is 0.520. The summed E-state index contributed by atoms with van der Waals surface area (Å²) in [6.07, 6.45) is 0.552. The van der Waals surface area contributed by atoms with Crippen LogP contribution in [-0.2, 0) is 13.1 Å². The first-order valence-corrected chi connectivity index (χ1v) is 12.7. The highest BCUT2D eigenvalue weighted by Crippen LogP contribution is 2.32. The van der Waals surface area contributed by atoms with Gasteiger partial charge in [-0.15, -0.1) is 0 Å². The van der Waals surface area contributed by atoms with Crippen molar-refractivity contribution in [3.05, 3.63) is 64.4 Å². The Morgan fingerprint density at radius 2 is 1.81 bits per heavy atom. The molecule has 1 fully saturated rings. The summed E-state index contributed by atoms with van der Waals surface area (Å²) in [5.74, 6) is 2.08. The lowest BCUT2D eigenvalue weighted by Gasteiger charge is -2.40. The monoisotopic (exact) mass is 507 g/mol. The van der Waals surface area contributed by atoms with Gasteiger partial charge in [0, 0.05) is 50.4 Å². The van der Waals surface area contributed by atoms with Crippen LogP contribution < -0.4 is 19.8 Å². The number of fused-ring (bicyclic) bond motifs is 2. The molecule has 1 amide bonds. The molecule has 2 aliphatic rings. The van der Waals surface area contributed by atoms with Gasteiger partial charge >= 0.3 is 6.09 Å². The molecule has 0 aliphatic carbocycles. The minimum atomic E-state index is -0.919. The average Bonchev–Trinajstić information content (AvgIpc) is 2.92. The summed E-state index contributed by atoms with van der Waals surface area (Å²) in [4.78, 5) is 28.8. The van der Waals surface area contributed by atoms with Gasteiger partial charge in [0.1, 0.15) is 19.0 Å². The third-order valence-corrected chi connectivity index (χ3v) is 7.42. The maximum atomic E-state index is 12.7. The Morgan fingerprint density at radius 3 is 2.54 bits per heavy atom. The van der Waals surface area contributed by atoms with Crippen LogP contribution in [0.25, 0.3) is 10.9 Å². The second kappa shape index (κ2) is 10.7. The van der Waals surface area contributed by atoms with E-state index in [-0.39, 0.29) is 17.6 Å². The van der Waals surface area contributed by atoms with Crippen molar-refractivity contribution in [2.24, 2.45) is 0 Å². The van der Waals surface area contributed by atoms with Crippen LogP contribution in [0.15, 0.2) is 53.3 Å². The number of pyridine rings is 1. The van der Waals surface area contributed by atoms with Crippen molar-refractivity contribution in [1.29, 1.82) is 0 Å². The number of nitrogens with zero attached hydrogens (tertiary/aromatic N) is 3. The number of piperidine rings is 1. The Labute approximate surface area is 215 Å². The Kier molecular flexibility index (Phi) is 7.23. The first kappa shape index (κ1) is 25.0. The molecule has 3 aromatic rings. The van der Waals surface area contributed by atoms with E-state index in [9.17, 15) is 14.7 Å². The molecule has 0 saturated carbocycles. The molecule has 5 rings (SSSR count). The lowest BCUT2D eigenvalue weighted by Crippen LogP contribution is -2.49. The van der Waals surface area contributed by atoms with Crippen LogP contribution >= 0.6 is 0 Å². The minimum absolute atomic E-state index is 0.0426. The van der Waals surface area contributed by atoms with Gasteiger partial charge in [-0.25, -0.2) is 4.79 Å². The van der Waals surface area contributed by atoms with E-state index >= 15 is 0 Å². The van der Waals surface area contributed by atoms with Gasteiger partial charge in [-0.2, -0.15) is 0 Å². The highest BCUT2D eigenvalue weighted by molar-refractivity contribution is 5.80. The second-order valence-corrected chi connectivity index (χ2v) is 9.71. The maximum absolute atomic E-state index is 12.7. The smallest absolute Gasteiger partial charge is 0.407 e. The van der Waals surface area contributed by atoms with Crippen molar-refractivity contribution in [3.63, 3.8) is 0 Å². The predicted molar refractivity (Wildman–Crippen MR) is 140 cm³/mol. The number of aromatic nitrogens is 1. The highest BCUT2D eigenvalue weighted by Gasteiger charge is 2.30. The van der Waals surface area contributed by atoms with Crippen LogP contribution in [0.5, 0.6) is 17.2 Å². The van der Waals surface area contributed by atoms with Crippen LogP contribution in [0, 0.1) is 0 Å². The summed E-state index contributed by atoms with van der Waals surface area (Å²) in [6.45, 7) is 5.52. The molecule has 2 aliphatic heterocycles. The summed E-state index contributed by atoms with van der Waals surface area (Å²) < 4.78 is 18.4. The Hall–Kier alpha value is -3.72. The van der Waals surface area contributed by atoms with Crippen LogP contribution in [0.1, 0.15) is 25.3 Å². The molecular weight excluding hydrogens is 474 g/mol. The summed E-state index contributed by atoms with van der Waals surface area (Å²) in [6, 6.07) is 14.9. The molecule has 3 heterocycles. The zero-order valence-electron chi connectivity index (χ0n) is 21.3. The number of methoxy groups -OCH3 is 1. The van der Waals surface area contributed by atoms with E-state index in [1.165, 1.54) is 4.90 Å². The molecule has 1 saturated heterocycles. The lowest BCUT2D eigenvalue weighted by molar-refractivity contribution is 0.0720. The van der Waals surface area contributed by atoms with Crippen LogP contribution in [0.4, 0.5) is 4.79 Å². The number of likely N-dealkylation sites (tertiary alicyclic amines) is 1. The number of ether oxygens (including phenoxy) is 3. The van der Waals surface area contributed by atoms with Gasteiger partial charge < -0.3 is 28.8 Å². The number of carboxylic acid groups (broad SMARTS) is 1. The molecule has 9 heteroatoms. The van der Waals surface area contributed by atoms with E-state index in [1.807, 2.05) is 42.5 Å². The van der Waals surface area contributed by atoms with Crippen molar-refractivity contribution in [1.82, 2.24) is 14.4 Å². The summed E-state index contributed by atoms with van der Waals surface area (Å²) in [5, 5.41) is 11.0. The van der Waals surface area contributed by atoms with Crippen LogP contribution in [-0.4, -0.2) is 71.1 Å². The van der Waals surface area contributed by atoms with Crippen molar-refractivity contribution in [3.8, 4) is 17.2 Å². The van der Waals surface area contributed by atoms with Crippen LogP contribution in [0.2, 0.25) is 0 Å². The Balaban J connectivity index is 1.24. The topological polar surface area (TPSA) is 93.5 Å². The summed E-state index contributed by atoms with van der Waals surface area (Å²) in [5.41, 5.74) is 1.69. The molecule has 0 spiro atoms. The van der Waals surface area contributed by atoms with Gasteiger partial charge in [-0.05, 0) is 61.0 Å². The van der Waals surface area contributed by atoms with Crippen molar-refractivity contribution in [2.75, 3.05) is 33.4 Å². The highest BCUT2D eigenvalue weighted by atomic mass is 16.6. The molecular formula is C28H33N3O6. The molecule has 196 valence electrons. The zero-order valence-corrected chi connectivity index (χ0v) is 21.3. The second-order valence-electron chi connectivity index (χ2n) is 9.71. The molecule has 2 aromatic carbocycles. The van der Waals surface area contributed by atoms with E-state index in [1.54, 1.807) is 17.7 Å². The zero-order chi connectivity index (χ0) is 25.9. The van der Waals surface area contributed by atoms with E-state index < -0.39 is 6.09 Å². The van der Waals surface area contributed by atoms with Gasteiger partial charge in [0.25, 0.3) is 5.56 Å². The maximum Gasteiger partial charge on any atom is 0.407 e. The number of benzene rings is 2. The molecule has 0 bridgehead atoms. The Morgan fingerprint density at radius 1 is 1.08 bits per heavy atom. The van der Waals surface area contributed by atoms with Gasteiger partial charge in [0.05, 0.1) is 12.6 Å². The van der Waals surface area contributed by atoms with E-state index in [0.717, 1.165) is 42.4 Å². The first-order valence-electron chi connectivity index (χ1n) is 12.7. The molecule has 1 unspecified atom stereocenters. The van der Waals surface area contributed by atoms with Gasteiger partial charge in [0.15, 0.2) is 11.5 Å². The van der Waals surface area contributed by atoms with E-state index in [2.05, 4.69) is 11.8 Å². The molecule has 37 heavy (non-hydrogen) atoms. The standard InChI is InChI=1S/C28H33N3O6/c1-19(17-31-24-16-23(35-2)6-4-21(24)5-8-27(31)32)29-11-9-22(10-12-29)30(28(33)34)18-20-3-7-25-26(15-20)37-14-13-36-25/h3-8,15-16,19,22H,9-14,17-18H2,1-2H3,(H,33,34). The lowest BCUT2D eigenvalue weighted by atomic mass is 10.0. The number of carbonyl (C=O) groups is 1. The fraction of sp³-hybridized carbons (Fsp3) is 0.429. The molecule has 0 radical (unpaired) electrons. The SMILES string of the molecule is COc1ccc2ccc(=O)n(CC(C)N3CCC(N(Cc4ccc5c(c4)OCCO5)C(=O)O)CC3)c2c1. The third kappa shape index (κ3) is 5.36. The average molecular weight is 508 g/mol. The van der Waals surface area contributed by atoms with Gasteiger partial charge in [-0.3, -0.25) is 9.69 Å². The fourth-order valence-corrected chi connectivity index (χ4v) is 5.34. The number of hydrogen-bond donors (Lipinski definition) is 1. The van der Waals surface area contributed by atoms with Crippen molar-refractivity contribution >= 4 is 17.0 Å². The van der Waals surface area contributed by atoms with Crippen molar-refractivity contribution in [2.45, 2.75) is 44.9 Å². The number of rotatable bonds is 7. The van der Waals surface area contributed by atoms with Gasteiger partial charge in [-0.1, -0.05) is 6.07 Å². The van der Waals surface area contributed by atoms with Crippen molar-refractivity contribution < 1.29 is 24.1 Å². The number of amides is 1. The molecule has 1 N–H and O–H groups in total. The molecule has 1 atom stereocenters. The van der Waals surface area contributed by atoms with E-state index in [0.29, 0.717) is 43.6 Å². The van der Waals surface area contributed by atoms with Crippen LogP contribution in [0.3, 0.4) is 0 Å². The van der Waals surface area contributed by atoms with Gasteiger partial charge in [0.2, 0.25) is 0 Å². The van der Waals surface area contributed by atoms with E-state index in [4.69, 9.17) is 14.2 Å². The summed E-state index contributed by atoms with van der Waals surface area (Å²) >= 11 is 0.